The third-order valence-corrected chi connectivity index (χ3v) is 2.19. The van der Waals surface area contributed by atoms with Crippen LogP contribution < -0.4 is 0 Å². The van der Waals surface area contributed by atoms with E-state index in [0.717, 1.165) is 0 Å². The van der Waals surface area contributed by atoms with Gasteiger partial charge in [-0.3, -0.25) is 4.79 Å². The molecule has 1 saturated heterocycles. The van der Waals surface area contributed by atoms with Crippen LogP contribution in [0, 0.1) is 0 Å². The highest BCUT2D eigenvalue weighted by Gasteiger charge is 2.36. The third kappa shape index (κ3) is 2.08. The molecule has 72 valence electrons. The molecule has 1 fully saturated rings. The average molecular weight is 183 g/mol. The number of hydrogen-bond acceptors (Lipinski definition) is 2. The highest BCUT2D eigenvalue weighted by Crippen LogP contribution is 2.18. The molecule has 1 atom stereocenters. The normalized spacial score (nSPS) is 20.6. The molecular weight excluding hydrogens is 170 g/mol. The molecule has 0 aliphatic carbocycles. The summed E-state index contributed by atoms with van der Waals surface area (Å²) < 4.78 is 0. The van der Waals surface area contributed by atoms with Gasteiger partial charge in [0.1, 0.15) is 6.04 Å². The minimum atomic E-state index is -0.904. The van der Waals surface area contributed by atoms with Crippen molar-refractivity contribution in [3.05, 3.63) is 12.7 Å². The van der Waals surface area contributed by atoms with Gasteiger partial charge in [-0.25, -0.2) is 4.79 Å². The van der Waals surface area contributed by atoms with Crippen molar-refractivity contribution in [1.29, 1.82) is 0 Å². The summed E-state index contributed by atoms with van der Waals surface area (Å²) in [5.74, 6) is -0.989. The molecular formula is C9H13NO3. The van der Waals surface area contributed by atoms with Crippen molar-refractivity contribution in [3.63, 3.8) is 0 Å². The Balaban J connectivity index is 2.39. The molecule has 1 amide bonds. The summed E-state index contributed by atoms with van der Waals surface area (Å²) in [6.07, 6.45) is 3.22. The maximum absolute atomic E-state index is 11.3. The van der Waals surface area contributed by atoms with Crippen LogP contribution in [0.2, 0.25) is 0 Å². The van der Waals surface area contributed by atoms with E-state index in [2.05, 4.69) is 6.58 Å². The Kier molecular flexibility index (Phi) is 3.06. The molecule has 0 aromatic rings. The molecule has 1 heterocycles. The van der Waals surface area contributed by atoms with Crippen LogP contribution in [0.4, 0.5) is 0 Å². The number of carbonyl (C=O) groups excluding carboxylic acids is 1. The van der Waals surface area contributed by atoms with E-state index in [9.17, 15) is 9.59 Å². The van der Waals surface area contributed by atoms with Gasteiger partial charge in [0.05, 0.1) is 0 Å². The van der Waals surface area contributed by atoms with Crippen molar-refractivity contribution in [2.24, 2.45) is 0 Å². The van der Waals surface area contributed by atoms with Crippen LogP contribution in [-0.2, 0) is 9.59 Å². The molecule has 0 saturated carbocycles. The Bertz CT molecular complexity index is 237. The number of rotatable bonds is 4. The van der Waals surface area contributed by atoms with E-state index in [1.807, 2.05) is 0 Å². The fraction of sp³-hybridized carbons (Fsp3) is 0.556. The van der Waals surface area contributed by atoms with Gasteiger partial charge in [0, 0.05) is 13.0 Å². The second-order valence-electron chi connectivity index (χ2n) is 3.06. The van der Waals surface area contributed by atoms with Crippen LogP contribution in [0.5, 0.6) is 0 Å². The van der Waals surface area contributed by atoms with E-state index in [1.54, 1.807) is 6.08 Å². The van der Waals surface area contributed by atoms with Crippen LogP contribution in [0.15, 0.2) is 12.7 Å². The van der Waals surface area contributed by atoms with Gasteiger partial charge in [0.25, 0.3) is 0 Å². The van der Waals surface area contributed by atoms with Crippen molar-refractivity contribution >= 4 is 11.9 Å². The van der Waals surface area contributed by atoms with Crippen molar-refractivity contribution in [1.82, 2.24) is 4.90 Å². The lowest BCUT2D eigenvalue weighted by Crippen LogP contribution is -2.55. The molecule has 0 radical (unpaired) electrons. The van der Waals surface area contributed by atoms with Crippen LogP contribution >= 0.6 is 0 Å². The first-order valence-electron chi connectivity index (χ1n) is 4.30. The van der Waals surface area contributed by atoms with Gasteiger partial charge in [0.15, 0.2) is 0 Å². The molecule has 0 bridgehead atoms. The quantitative estimate of drug-likeness (QED) is 0.650. The van der Waals surface area contributed by atoms with E-state index >= 15 is 0 Å². The van der Waals surface area contributed by atoms with E-state index in [0.29, 0.717) is 25.8 Å². The first-order valence-corrected chi connectivity index (χ1v) is 4.30. The number of amides is 1. The van der Waals surface area contributed by atoms with Crippen molar-refractivity contribution in [2.45, 2.75) is 25.3 Å². The van der Waals surface area contributed by atoms with Gasteiger partial charge < -0.3 is 10.0 Å². The summed E-state index contributed by atoms with van der Waals surface area (Å²) in [6, 6.07) is -0.586. The molecule has 4 heteroatoms. The minimum Gasteiger partial charge on any atom is -0.480 e. The van der Waals surface area contributed by atoms with E-state index < -0.39 is 12.0 Å². The molecule has 0 unspecified atom stereocenters. The SMILES string of the molecule is C=CCCC(=O)N1CC[C@H]1C(=O)O. The van der Waals surface area contributed by atoms with Gasteiger partial charge in [0.2, 0.25) is 5.91 Å². The zero-order chi connectivity index (χ0) is 9.84. The monoisotopic (exact) mass is 183 g/mol. The number of hydrogen-bond donors (Lipinski definition) is 1. The van der Waals surface area contributed by atoms with E-state index in [1.165, 1.54) is 4.90 Å². The van der Waals surface area contributed by atoms with Crippen LogP contribution in [0.3, 0.4) is 0 Å². The summed E-state index contributed by atoms with van der Waals surface area (Å²) >= 11 is 0. The second-order valence-corrected chi connectivity index (χ2v) is 3.06. The maximum atomic E-state index is 11.3. The highest BCUT2D eigenvalue weighted by molar-refractivity contribution is 5.85. The predicted octanol–water partition coefficient (Wildman–Crippen LogP) is 0.638. The van der Waals surface area contributed by atoms with Gasteiger partial charge in [-0.15, -0.1) is 6.58 Å². The Morgan fingerprint density at radius 3 is 2.69 bits per heavy atom. The first-order chi connectivity index (χ1) is 6.16. The number of allylic oxidation sites excluding steroid dienone is 1. The zero-order valence-corrected chi connectivity index (χ0v) is 7.40. The van der Waals surface area contributed by atoms with Gasteiger partial charge in [-0.05, 0) is 12.8 Å². The summed E-state index contributed by atoms with van der Waals surface area (Å²) in [7, 11) is 0. The van der Waals surface area contributed by atoms with Crippen LogP contribution in [-0.4, -0.2) is 34.5 Å². The Morgan fingerprint density at radius 1 is 1.62 bits per heavy atom. The minimum absolute atomic E-state index is 0.0847. The van der Waals surface area contributed by atoms with Crippen molar-refractivity contribution in [2.75, 3.05) is 6.54 Å². The Morgan fingerprint density at radius 2 is 2.31 bits per heavy atom. The molecule has 0 spiro atoms. The molecule has 13 heavy (non-hydrogen) atoms. The number of nitrogens with zero attached hydrogens (tertiary/aromatic N) is 1. The molecule has 1 N–H and O–H groups in total. The molecule has 0 aromatic carbocycles. The summed E-state index contributed by atoms with van der Waals surface area (Å²) in [5, 5.41) is 8.66. The fourth-order valence-electron chi connectivity index (χ4n) is 1.31. The number of carbonyl (C=O) groups is 2. The topological polar surface area (TPSA) is 57.6 Å². The molecule has 0 aromatic heterocycles. The number of likely N-dealkylation sites (tertiary alicyclic amines) is 1. The number of aliphatic carboxylic acids is 1. The van der Waals surface area contributed by atoms with E-state index in [4.69, 9.17) is 5.11 Å². The highest BCUT2D eigenvalue weighted by atomic mass is 16.4. The predicted molar refractivity (Wildman–Crippen MR) is 47.2 cm³/mol. The number of carboxylic acids is 1. The standard InChI is InChI=1S/C9H13NO3/c1-2-3-4-8(11)10-6-5-7(10)9(12)13/h2,7H,1,3-6H2,(H,12,13)/t7-/m0/s1. The fourth-order valence-corrected chi connectivity index (χ4v) is 1.31. The van der Waals surface area contributed by atoms with Crippen molar-refractivity contribution in [3.8, 4) is 0 Å². The van der Waals surface area contributed by atoms with Gasteiger partial charge >= 0.3 is 5.97 Å². The first kappa shape index (κ1) is 9.77. The molecule has 1 rings (SSSR count). The summed E-state index contributed by atoms with van der Waals surface area (Å²) in [4.78, 5) is 23.3. The zero-order valence-electron chi connectivity index (χ0n) is 7.40. The Labute approximate surface area is 76.8 Å². The average Bonchev–Trinajstić information content (AvgIpc) is 1.97. The lowest BCUT2D eigenvalue weighted by molar-refractivity contribution is -0.157. The van der Waals surface area contributed by atoms with E-state index in [-0.39, 0.29) is 5.91 Å². The van der Waals surface area contributed by atoms with Crippen LogP contribution in [0.1, 0.15) is 19.3 Å². The molecule has 4 nitrogen and oxygen atoms in total. The van der Waals surface area contributed by atoms with Gasteiger partial charge in [-0.1, -0.05) is 6.08 Å². The smallest absolute Gasteiger partial charge is 0.326 e. The molecule has 1 aliphatic heterocycles. The molecule has 1 aliphatic rings. The lowest BCUT2D eigenvalue weighted by atomic mass is 10.0. The van der Waals surface area contributed by atoms with Crippen LogP contribution in [0.25, 0.3) is 0 Å². The third-order valence-electron chi connectivity index (χ3n) is 2.19. The summed E-state index contributed by atoms with van der Waals surface area (Å²) in [5.41, 5.74) is 0. The largest absolute Gasteiger partial charge is 0.480 e. The second kappa shape index (κ2) is 4.07. The van der Waals surface area contributed by atoms with Gasteiger partial charge in [-0.2, -0.15) is 0 Å². The number of carboxylic acid groups (broad SMARTS) is 1. The maximum Gasteiger partial charge on any atom is 0.326 e. The Hall–Kier alpha value is -1.32. The van der Waals surface area contributed by atoms with Crippen molar-refractivity contribution < 1.29 is 14.7 Å². The lowest BCUT2D eigenvalue weighted by Gasteiger charge is -2.37. The summed E-state index contributed by atoms with van der Waals surface area (Å²) in [6.45, 7) is 4.08.